The third-order valence-electron chi connectivity index (χ3n) is 5.31. The normalized spacial score (nSPS) is 15.4. The predicted octanol–water partition coefficient (Wildman–Crippen LogP) is 2.77. The molecule has 2 aromatic carbocycles. The summed E-state index contributed by atoms with van der Waals surface area (Å²) < 4.78 is 18.6. The van der Waals surface area contributed by atoms with Crippen molar-refractivity contribution in [1.29, 1.82) is 0 Å². The first-order chi connectivity index (χ1) is 15.1. The van der Waals surface area contributed by atoms with Crippen molar-refractivity contribution in [3.8, 4) is 5.75 Å². The summed E-state index contributed by atoms with van der Waals surface area (Å²) in [4.78, 5) is 18.9. The van der Waals surface area contributed by atoms with Gasteiger partial charge in [0.25, 0.3) is 0 Å². The van der Waals surface area contributed by atoms with Crippen LogP contribution in [-0.4, -0.2) is 57.1 Å². The summed E-state index contributed by atoms with van der Waals surface area (Å²) in [5, 5.41) is 9.09. The lowest BCUT2D eigenvalue weighted by molar-refractivity contribution is -0.115. The van der Waals surface area contributed by atoms with Crippen LogP contribution in [0, 0.1) is 5.82 Å². The lowest BCUT2D eigenvalue weighted by Gasteiger charge is -2.30. The number of para-hydroxylation sites is 1. The molecule has 3 rings (SSSR count). The van der Waals surface area contributed by atoms with Gasteiger partial charge in [0.2, 0.25) is 5.91 Å². The zero-order valence-electron chi connectivity index (χ0n) is 18.0. The molecule has 1 heterocycles. The van der Waals surface area contributed by atoms with Gasteiger partial charge in [0, 0.05) is 24.8 Å². The Morgan fingerprint density at radius 1 is 1.13 bits per heavy atom. The Labute approximate surface area is 182 Å². The van der Waals surface area contributed by atoms with Crippen LogP contribution in [-0.2, 0) is 4.79 Å². The van der Waals surface area contributed by atoms with E-state index in [9.17, 15) is 9.18 Å². The minimum atomic E-state index is -0.344. The number of anilines is 1. The number of carbonyl (C=O) groups excluding carboxylic acids is 1. The average Bonchev–Trinajstić information content (AvgIpc) is 3.32. The summed E-state index contributed by atoms with van der Waals surface area (Å²) in [5.74, 6) is 0.815. The predicted molar refractivity (Wildman–Crippen MR) is 121 cm³/mol. The Hall–Kier alpha value is -3.13. The average molecular weight is 428 g/mol. The Morgan fingerprint density at radius 2 is 1.84 bits per heavy atom. The molecular formula is C23H30FN5O2. The number of halogens is 1. The number of carbonyl (C=O) groups is 1. The molecule has 0 spiro atoms. The van der Waals surface area contributed by atoms with Crippen molar-refractivity contribution in [3.63, 3.8) is 0 Å². The fourth-order valence-corrected chi connectivity index (χ4v) is 3.75. The number of hydrogen-bond donors (Lipinski definition) is 3. The van der Waals surface area contributed by atoms with Gasteiger partial charge in [0.1, 0.15) is 11.6 Å². The van der Waals surface area contributed by atoms with Crippen LogP contribution >= 0.6 is 0 Å². The van der Waals surface area contributed by atoms with Crippen LogP contribution in [0.4, 0.5) is 10.1 Å². The van der Waals surface area contributed by atoms with Crippen LogP contribution in [0.3, 0.4) is 0 Å². The van der Waals surface area contributed by atoms with Gasteiger partial charge in [-0.05, 0) is 56.3 Å². The fourth-order valence-electron chi connectivity index (χ4n) is 3.75. The van der Waals surface area contributed by atoms with Gasteiger partial charge >= 0.3 is 0 Å². The van der Waals surface area contributed by atoms with Crippen molar-refractivity contribution in [2.75, 3.05) is 45.7 Å². The largest absolute Gasteiger partial charge is 0.496 e. The van der Waals surface area contributed by atoms with Gasteiger partial charge in [-0.1, -0.05) is 18.2 Å². The molecule has 0 saturated carbocycles. The number of likely N-dealkylation sites (tertiary alicyclic amines) is 1. The van der Waals surface area contributed by atoms with Crippen LogP contribution in [0.1, 0.15) is 24.4 Å². The highest BCUT2D eigenvalue weighted by atomic mass is 19.1. The van der Waals surface area contributed by atoms with E-state index in [2.05, 4.69) is 31.9 Å². The quantitative estimate of drug-likeness (QED) is 0.446. The Kier molecular flexibility index (Phi) is 8.23. The molecule has 3 N–H and O–H groups in total. The molecule has 1 aliphatic heterocycles. The third-order valence-corrected chi connectivity index (χ3v) is 5.31. The maximum absolute atomic E-state index is 13.0. The first kappa shape index (κ1) is 22.6. The summed E-state index contributed by atoms with van der Waals surface area (Å²) in [6, 6.07) is 13.8. The van der Waals surface area contributed by atoms with Crippen LogP contribution in [0.25, 0.3) is 0 Å². The molecule has 1 saturated heterocycles. The number of guanidine groups is 1. The zero-order chi connectivity index (χ0) is 22.1. The molecular weight excluding hydrogens is 397 g/mol. The van der Waals surface area contributed by atoms with Gasteiger partial charge in [-0.25, -0.2) is 4.39 Å². The monoisotopic (exact) mass is 427 g/mol. The van der Waals surface area contributed by atoms with Crippen LogP contribution in [0.15, 0.2) is 53.5 Å². The summed E-state index contributed by atoms with van der Waals surface area (Å²) in [5.41, 5.74) is 1.67. The minimum absolute atomic E-state index is 0.0418. The summed E-state index contributed by atoms with van der Waals surface area (Å²) in [6.45, 7) is 2.74. The number of amides is 1. The molecule has 1 unspecified atom stereocenters. The highest BCUT2D eigenvalue weighted by molar-refractivity contribution is 5.94. The first-order valence-corrected chi connectivity index (χ1v) is 10.5. The molecule has 1 atom stereocenters. The fraction of sp³-hybridized carbons (Fsp3) is 0.391. The molecule has 1 fully saturated rings. The van der Waals surface area contributed by atoms with Gasteiger partial charge < -0.3 is 20.7 Å². The lowest BCUT2D eigenvalue weighted by Crippen LogP contribution is -2.45. The molecule has 7 nitrogen and oxygen atoms in total. The Morgan fingerprint density at radius 3 is 2.52 bits per heavy atom. The van der Waals surface area contributed by atoms with Gasteiger partial charge in [0.15, 0.2) is 5.96 Å². The van der Waals surface area contributed by atoms with Gasteiger partial charge in [-0.3, -0.25) is 14.7 Å². The summed E-state index contributed by atoms with van der Waals surface area (Å²) >= 11 is 0. The molecule has 166 valence electrons. The first-order valence-electron chi connectivity index (χ1n) is 10.5. The number of ether oxygens (including phenoxy) is 1. The van der Waals surface area contributed by atoms with Gasteiger partial charge in [-0.15, -0.1) is 0 Å². The number of aliphatic imine (C=N–C) groups is 1. The smallest absolute Gasteiger partial charge is 0.243 e. The standard InChI is InChI=1S/C23H30FN5O2/c1-25-23(27-16-22(30)28-18-11-9-17(24)10-12-18)26-15-20(29-13-5-6-14-29)19-7-3-4-8-21(19)31-2/h3-4,7-12,20H,5-6,13-16H2,1-2H3,(H,28,30)(H2,25,26,27). The lowest BCUT2D eigenvalue weighted by atomic mass is 10.0. The number of nitrogens with one attached hydrogen (secondary N) is 3. The van der Waals surface area contributed by atoms with E-state index in [-0.39, 0.29) is 24.3 Å². The van der Waals surface area contributed by atoms with E-state index in [4.69, 9.17) is 4.74 Å². The van der Waals surface area contributed by atoms with Crippen molar-refractivity contribution in [1.82, 2.24) is 15.5 Å². The maximum atomic E-state index is 13.0. The van der Waals surface area contributed by atoms with Crippen molar-refractivity contribution in [2.24, 2.45) is 4.99 Å². The number of nitrogens with zero attached hydrogens (tertiary/aromatic N) is 2. The zero-order valence-corrected chi connectivity index (χ0v) is 18.0. The van der Waals surface area contributed by atoms with Gasteiger partial charge in [-0.2, -0.15) is 0 Å². The Balaban J connectivity index is 1.57. The summed E-state index contributed by atoms with van der Waals surface area (Å²) in [6.07, 6.45) is 2.37. The third kappa shape index (κ3) is 6.42. The molecule has 0 bridgehead atoms. The molecule has 0 aromatic heterocycles. The Bertz CT molecular complexity index is 882. The minimum Gasteiger partial charge on any atom is -0.496 e. The molecule has 0 radical (unpaired) electrons. The SMILES string of the molecule is CN=C(NCC(=O)Nc1ccc(F)cc1)NCC(c1ccccc1OC)N1CCCC1. The van der Waals surface area contributed by atoms with E-state index in [1.807, 2.05) is 18.2 Å². The second-order valence-electron chi connectivity index (χ2n) is 7.36. The number of methoxy groups -OCH3 is 1. The van der Waals surface area contributed by atoms with Crippen molar-refractivity contribution >= 4 is 17.6 Å². The van der Waals surface area contributed by atoms with Crippen LogP contribution in [0.2, 0.25) is 0 Å². The number of hydrogen-bond acceptors (Lipinski definition) is 4. The second-order valence-corrected chi connectivity index (χ2v) is 7.36. The molecule has 8 heteroatoms. The number of rotatable bonds is 8. The highest BCUT2D eigenvalue weighted by Gasteiger charge is 2.26. The van der Waals surface area contributed by atoms with E-state index in [1.165, 1.54) is 37.1 Å². The summed E-state index contributed by atoms with van der Waals surface area (Å²) in [7, 11) is 3.36. The van der Waals surface area contributed by atoms with E-state index >= 15 is 0 Å². The van der Waals surface area contributed by atoms with E-state index in [1.54, 1.807) is 14.2 Å². The molecule has 1 amide bonds. The van der Waals surface area contributed by atoms with E-state index in [0.29, 0.717) is 18.2 Å². The molecule has 2 aromatic rings. The van der Waals surface area contributed by atoms with Crippen molar-refractivity contribution in [2.45, 2.75) is 18.9 Å². The molecule has 0 aliphatic carbocycles. The molecule has 31 heavy (non-hydrogen) atoms. The molecule has 1 aliphatic rings. The number of benzene rings is 2. The van der Waals surface area contributed by atoms with Crippen molar-refractivity contribution in [3.05, 3.63) is 59.9 Å². The van der Waals surface area contributed by atoms with E-state index < -0.39 is 0 Å². The van der Waals surface area contributed by atoms with Crippen molar-refractivity contribution < 1.29 is 13.9 Å². The maximum Gasteiger partial charge on any atom is 0.243 e. The highest BCUT2D eigenvalue weighted by Crippen LogP contribution is 2.31. The van der Waals surface area contributed by atoms with Crippen LogP contribution < -0.4 is 20.7 Å². The second kappa shape index (κ2) is 11.3. The van der Waals surface area contributed by atoms with Crippen LogP contribution in [0.5, 0.6) is 5.75 Å². The van der Waals surface area contributed by atoms with Gasteiger partial charge in [0.05, 0.1) is 19.7 Å². The van der Waals surface area contributed by atoms with E-state index in [0.717, 1.165) is 24.4 Å². The topological polar surface area (TPSA) is 78.0 Å².